The van der Waals surface area contributed by atoms with Gasteiger partial charge in [0, 0.05) is 16.1 Å². The van der Waals surface area contributed by atoms with Gasteiger partial charge in [-0.1, -0.05) is 6.92 Å². The van der Waals surface area contributed by atoms with Crippen molar-refractivity contribution in [3.63, 3.8) is 0 Å². The highest BCUT2D eigenvalue weighted by atomic mass is 32.2. The van der Waals surface area contributed by atoms with Crippen LogP contribution in [-0.4, -0.2) is 17.2 Å². The van der Waals surface area contributed by atoms with E-state index in [9.17, 15) is 9.18 Å². The van der Waals surface area contributed by atoms with Crippen molar-refractivity contribution in [1.29, 1.82) is 0 Å². The Hall–Kier alpha value is -1.23. The van der Waals surface area contributed by atoms with Crippen molar-refractivity contribution in [2.45, 2.75) is 37.6 Å². The zero-order valence-electron chi connectivity index (χ0n) is 10.9. The van der Waals surface area contributed by atoms with Crippen LogP contribution in [0.25, 0.3) is 0 Å². The minimum absolute atomic E-state index is 0.0458. The molecule has 0 aromatic heterocycles. The third-order valence-electron chi connectivity index (χ3n) is 2.69. The maximum atomic E-state index is 12.8. The van der Waals surface area contributed by atoms with Gasteiger partial charge in [0.15, 0.2) is 0 Å². The van der Waals surface area contributed by atoms with Gasteiger partial charge in [0.1, 0.15) is 5.82 Å². The van der Waals surface area contributed by atoms with Gasteiger partial charge in [-0.3, -0.25) is 4.79 Å². The number of nitrogens with one attached hydrogen (secondary N) is 1. The van der Waals surface area contributed by atoms with E-state index in [1.54, 1.807) is 6.07 Å². The van der Waals surface area contributed by atoms with Gasteiger partial charge >= 0.3 is 0 Å². The van der Waals surface area contributed by atoms with Crippen LogP contribution >= 0.6 is 11.8 Å². The molecule has 18 heavy (non-hydrogen) atoms. The first-order valence-electron chi connectivity index (χ1n) is 5.83. The average Bonchev–Trinajstić information content (AvgIpc) is 2.27. The van der Waals surface area contributed by atoms with Crippen molar-refractivity contribution in [2.75, 3.05) is 11.5 Å². The molecular weight excluding hydrogens is 251 g/mol. The van der Waals surface area contributed by atoms with Crippen molar-refractivity contribution in [3.8, 4) is 0 Å². The lowest BCUT2D eigenvalue weighted by molar-refractivity contribution is -0.120. The molecule has 0 fully saturated rings. The summed E-state index contributed by atoms with van der Waals surface area (Å²) < 4.78 is 12.8. The molecule has 0 unspecified atom stereocenters. The topological polar surface area (TPSA) is 55.1 Å². The fourth-order valence-corrected chi connectivity index (χ4v) is 2.04. The molecule has 3 nitrogen and oxygen atoms in total. The van der Waals surface area contributed by atoms with E-state index in [4.69, 9.17) is 5.73 Å². The summed E-state index contributed by atoms with van der Waals surface area (Å²) >= 11 is 1.31. The molecule has 1 aromatic rings. The Kier molecular flexibility index (Phi) is 5.02. The summed E-state index contributed by atoms with van der Waals surface area (Å²) in [6, 6.07) is 4.19. The molecule has 0 radical (unpaired) electrons. The summed E-state index contributed by atoms with van der Waals surface area (Å²) in [7, 11) is 0. The van der Waals surface area contributed by atoms with E-state index in [0.29, 0.717) is 5.69 Å². The molecule has 3 N–H and O–H groups in total. The van der Waals surface area contributed by atoms with Crippen molar-refractivity contribution in [1.82, 2.24) is 5.32 Å². The van der Waals surface area contributed by atoms with Gasteiger partial charge in [0.2, 0.25) is 5.91 Å². The number of halogens is 1. The molecule has 0 aliphatic heterocycles. The number of thioether (sulfide) groups is 1. The molecule has 0 saturated carbocycles. The molecular formula is C13H19FN2OS. The molecule has 1 rings (SSSR count). The molecule has 0 bridgehead atoms. The van der Waals surface area contributed by atoms with E-state index in [1.807, 2.05) is 20.8 Å². The van der Waals surface area contributed by atoms with Crippen LogP contribution < -0.4 is 11.1 Å². The third kappa shape index (κ3) is 4.56. The van der Waals surface area contributed by atoms with Crippen molar-refractivity contribution in [3.05, 3.63) is 24.0 Å². The summed E-state index contributed by atoms with van der Waals surface area (Å²) in [5.74, 6) is -0.136. The number of hydrogen-bond donors (Lipinski definition) is 2. The second kappa shape index (κ2) is 6.09. The highest BCUT2D eigenvalue weighted by Crippen LogP contribution is 2.25. The van der Waals surface area contributed by atoms with E-state index in [-0.39, 0.29) is 23.0 Å². The summed E-state index contributed by atoms with van der Waals surface area (Å²) in [5, 5.41) is 2.93. The first kappa shape index (κ1) is 14.8. The van der Waals surface area contributed by atoms with E-state index >= 15 is 0 Å². The predicted molar refractivity (Wildman–Crippen MR) is 74.0 cm³/mol. The first-order chi connectivity index (χ1) is 8.34. The van der Waals surface area contributed by atoms with Gasteiger partial charge in [-0.05, 0) is 38.5 Å². The second-order valence-corrected chi connectivity index (χ2v) is 5.77. The van der Waals surface area contributed by atoms with Gasteiger partial charge in [-0.15, -0.1) is 11.8 Å². The van der Waals surface area contributed by atoms with E-state index in [2.05, 4.69) is 5.32 Å². The molecule has 100 valence electrons. The highest BCUT2D eigenvalue weighted by Gasteiger charge is 2.17. The number of hydrogen-bond acceptors (Lipinski definition) is 3. The Bertz CT molecular complexity index is 435. The lowest BCUT2D eigenvalue weighted by Crippen LogP contribution is -2.43. The minimum Gasteiger partial charge on any atom is -0.398 e. The standard InChI is InChI=1S/C13H19FN2OS/c1-4-13(2,3)16-12(17)8-18-11-6-5-9(14)7-10(11)15/h5-7H,4,8,15H2,1-3H3,(H,16,17). The maximum absolute atomic E-state index is 12.8. The highest BCUT2D eigenvalue weighted by molar-refractivity contribution is 8.00. The molecule has 5 heteroatoms. The van der Waals surface area contributed by atoms with E-state index in [1.165, 1.54) is 23.9 Å². The molecule has 0 aliphatic carbocycles. The quantitative estimate of drug-likeness (QED) is 0.639. The Morgan fingerprint density at radius 1 is 1.50 bits per heavy atom. The number of carbonyl (C=O) groups is 1. The average molecular weight is 270 g/mol. The summed E-state index contributed by atoms with van der Waals surface area (Å²) in [4.78, 5) is 12.4. The van der Waals surface area contributed by atoms with Crippen molar-refractivity contribution >= 4 is 23.4 Å². The molecule has 1 amide bonds. The van der Waals surface area contributed by atoms with Crippen LogP contribution in [0.2, 0.25) is 0 Å². The fourth-order valence-electron chi connectivity index (χ4n) is 1.30. The van der Waals surface area contributed by atoms with Crippen LogP contribution in [0, 0.1) is 5.82 Å². The Labute approximate surface area is 111 Å². The van der Waals surface area contributed by atoms with Gasteiger partial charge in [0.05, 0.1) is 5.75 Å². The van der Waals surface area contributed by atoms with Crippen LogP contribution in [-0.2, 0) is 4.79 Å². The summed E-state index contributed by atoms with van der Waals surface area (Å²) in [5.41, 5.74) is 5.83. The number of nitrogen functional groups attached to an aromatic ring is 1. The number of amides is 1. The molecule has 0 spiro atoms. The van der Waals surface area contributed by atoms with Crippen LogP contribution in [0.3, 0.4) is 0 Å². The van der Waals surface area contributed by atoms with Crippen LogP contribution in [0.15, 0.2) is 23.1 Å². The number of rotatable bonds is 5. The van der Waals surface area contributed by atoms with E-state index < -0.39 is 0 Å². The van der Waals surface area contributed by atoms with E-state index in [0.717, 1.165) is 11.3 Å². The Morgan fingerprint density at radius 2 is 2.17 bits per heavy atom. The number of benzene rings is 1. The SMILES string of the molecule is CCC(C)(C)NC(=O)CSc1ccc(F)cc1N. The molecule has 0 aliphatic rings. The summed E-state index contributed by atoms with van der Waals surface area (Å²) in [6.07, 6.45) is 0.863. The Morgan fingerprint density at radius 3 is 2.72 bits per heavy atom. The van der Waals surface area contributed by atoms with Gasteiger partial charge in [-0.2, -0.15) is 0 Å². The summed E-state index contributed by atoms with van der Waals surface area (Å²) in [6.45, 7) is 5.97. The number of nitrogens with two attached hydrogens (primary N) is 1. The first-order valence-corrected chi connectivity index (χ1v) is 6.81. The molecule has 0 saturated heterocycles. The lowest BCUT2D eigenvalue weighted by atomic mass is 10.0. The largest absolute Gasteiger partial charge is 0.398 e. The number of anilines is 1. The fraction of sp³-hybridized carbons (Fsp3) is 0.462. The third-order valence-corrected chi connectivity index (χ3v) is 3.78. The van der Waals surface area contributed by atoms with Crippen molar-refractivity contribution < 1.29 is 9.18 Å². The predicted octanol–water partition coefficient (Wildman–Crippen LogP) is 2.80. The lowest BCUT2D eigenvalue weighted by Gasteiger charge is -2.24. The number of carbonyl (C=O) groups excluding carboxylic acids is 1. The zero-order chi connectivity index (χ0) is 13.8. The van der Waals surface area contributed by atoms with Crippen LogP contribution in [0.5, 0.6) is 0 Å². The Balaban J connectivity index is 2.53. The van der Waals surface area contributed by atoms with Crippen LogP contribution in [0.1, 0.15) is 27.2 Å². The van der Waals surface area contributed by atoms with Crippen molar-refractivity contribution in [2.24, 2.45) is 0 Å². The molecule has 0 heterocycles. The molecule has 0 atom stereocenters. The monoisotopic (exact) mass is 270 g/mol. The van der Waals surface area contributed by atoms with Gasteiger partial charge in [-0.25, -0.2) is 4.39 Å². The molecule has 1 aromatic carbocycles. The van der Waals surface area contributed by atoms with Crippen LogP contribution in [0.4, 0.5) is 10.1 Å². The normalized spacial score (nSPS) is 11.3. The zero-order valence-corrected chi connectivity index (χ0v) is 11.7. The van der Waals surface area contributed by atoms with Gasteiger partial charge in [0.25, 0.3) is 0 Å². The minimum atomic E-state index is -0.367. The smallest absolute Gasteiger partial charge is 0.230 e. The second-order valence-electron chi connectivity index (χ2n) is 4.76. The van der Waals surface area contributed by atoms with Gasteiger partial charge < -0.3 is 11.1 Å². The maximum Gasteiger partial charge on any atom is 0.230 e.